The van der Waals surface area contributed by atoms with Gasteiger partial charge in [0.05, 0.1) is 5.52 Å². The Kier molecular flexibility index (Phi) is 6.33. The first-order valence-electron chi connectivity index (χ1n) is 13.0. The molecule has 2 heterocycles. The van der Waals surface area contributed by atoms with Crippen molar-refractivity contribution >= 4 is 32.4 Å². The third kappa shape index (κ3) is 3.99. The lowest BCUT2D eigenvalue weighted by Crippen LogP contribution is -1.93. The van der Waals surface area contributed by atoms with Crippen LogP contribution in [0.1, 0.15) is 13.8 Å². The summed E-state index contributed by atoms with van der Waals surface area (Å²) in [5, 5.41) is 5.91. The monoisotopic (exact) mass is 489 g/mol. The second kappa shape index (κ2) is 10.2. The van der Waals surface area contributed by atoms with E-state index in [0.29, 0.717) is 0 Å². The van der Waals surface area contributed by atoms with Crippen LogP contribution < -0.4 is 0 Å². The van der Waals surface area contributed by atoms with Crippen molar-refractivity contribution in [3.63, 3.8) is 0 Å². The van der Waals surface area contributed by atoms with E-state index < -0.39 is 0 Å². The van der Waals surface area contributed by atoms with Gasteiger partial charge in [-0.15, -0.1) is 0 Å². The molecule has 2 aromatic heterocycles. The Morgan fingerprint density at radius 3 is 1.87 bits per heavy atom. The predicted octanol–water partition coefficient (Wildman–Crippen LogP) is 9.36. The van der Waals surface area contributed by atoms with Crippen molar-refractivity contribution in [1.82, 2.24) is 15.0 Å². The van der Waals surface area contributed by atoms with Gasteiger partial charge in [-0.25, -0.2) is 9.97 Å². The van der Waals surface area contributed by atoms with Gasteiger partial charge >= 0.3 is 0 Å². The van der Waals surface area contributed by atoms with E-state index in [0.717, 1.165) is 22.0 Å². The first-order valence-corrected chi connectivity index (χ1v) is 13.0. The smallest absolute Gasteiger partial charge is 0.115 e. The minimum atomic E-state index is 0.993. The number of aromatic nitrogens is 3. The number of rotatable bonds is 3. The average molecular weight is 490 g/mol. The average Bonchev–Trinajstić information content (AvgIpc) is 3.01. The van der Waals surface area contributed by atoms with Crippen LogP contribution in [0.25, 0.3) is 65.8 Å². The molecule has 0 atom stereocenters. The number of fused-ring (bicyclic) bond motifs is 3. The van der Waals surface area contributed by atoms with Crippen molar-refractivity contribution < 1.29 is 0 Å². The summed E-state index contributed by atoms with van der Waals surface area (Å²) in [6.07, 6.45) is 7.30. The van der Waals surface area contributed by atoms with Crippen LogP contribution in [-0.2, 0) is 0 Å². The van der Waals surface area contributed by atoms with E-state index in [1.807, 2.05) is 38.5 Å². The Labute approximate surface area is 222 Å². The van der Waals surface area contributed by atoms with Gasteiger partial charge in [-0.1, -0.05) is 98.8 Å². The molecule has 3 heteroatoms. The first kappa shape index (κ1) is 23.5. The van der Waals surface area contributed by atoms with Crippen LogP contribution in [0.15, 0.2) is 128 Å². The van der Waals surface area contributed by atoms with Crippen molar-refractivity contribution in [2.24, 2.45) is 0 Å². The van der Waals surface area contributed by atoms with Gasteiger partial charge in [0.25, 0.3) is 0 Å². The predicted molar refractivity (Wildman–Crippen MR) is 160 cm³/mol. The minimum Gasteiger partial charge on any atom is -0.256 e. The van der Waals surface area contributed by atoms with E-state index in [1.54, 1.807) is 6.33 Å². The molecule has 182 valence electrons. The maximum Gasteiger partial charge on any atom is 0.115 e. The zero-order valence-electron chi connectivity index (χ0n) is 21.5. The molecule has 0 spiro atoms. The minimum absolute atomic E-state index is 0.993. The fraction of sp³-hybridized carbons (Fsp3) is 0.0571. The molecule has 0 N–H and O–H groups in total. The molecule has 3 nitrogen and oxygen atoms in total. The standard InChI is InChI=1S/C33H21N3.C2H6/c1-2-8-22(9-3-1)23-14-15-28-30(18-23)33(29-16-17-36-31-13-7-6-10-25(29)31)27-12-5-4-11-26(27)32(28)24-19-34-21-35-20-24;1-2/h1-21H;1-2H3. The quantitative estimate of drug-likeness (QED) is 0.232. The molecule has 0 fully saturated rings. The zero-order valence-corrected chi connectivity index (χ0v) is 21.5. The summed E-state index contributed by atoms with van der Waals surface area (Å²) in [4.78, 5) is 13.3. The molecule has 7 aromatic rings. The number of nitrogens with zero attached hydrogens (tertiary/aromatic N) is 3. The van der Waals surface area contributed by atoms with E-state index in [4.69, 9.17) is 0 Å². The van der Waals surface area contributed by atoms with Gasteiger partial charge in [0.2, 0.25) is 0 Å². The van der Waals surface area contributed by atoms with Crippen LogP contribution >= 0.6 is 0 Å². The molecule has 0 saturated carbocycles. The van der Waals surface area contributed by atoms with Crippen LogP contribution in [0.4, 0.5) is 0 Å². The third-order valence-corrected chi connectivity index (χ3v) is 6.90. The molecule has 5 aromatic carbocycles. The molecular formula is C35H27N3. The molecule has 38 heavy (non-hydrogen) atoms. The van der Waals surface area contributed by atoms with E-state index in [-0.39, 0.29) is 0 Å². The van der Waals surface area contributed by atoms with Gasteiger partial charge < -0.3 is 0 Å². The second-order valence-corrected chi connectivity index (χ2v) is 8.92. The highest BCUT2D eigenvalue weighted by atomic mass is 14.8. The van der Waals surface area contributed by atoms with Gasteiger partial charge in [0.1, 0.15) is 6.33 Å². The number of pyridine rings is 1. The fourth-order valence-electron chi connectivity index (χ4n) is 5.33. The van der Waals surface area contributed by atoms with Crippen molar-refractivity contribution in [3.8, 4) is 33.4 Å². The summed E-state index contributed by atoms with van der Waals surface area (Å²) in [6, 6.07) is 36.5. The Balaban J connectivity index is 0.00000129. The fourth-order valence-corrected chi connectivity index (χ4v) is 5.33. The van der Waals surface area contributed by atoms with Crippen molar-refractivity contribution in [1.29, 1.82) is 0 Å². The van der Waals surface area contributed by atoms with E-state index in [9.17, 15) is 0 Å². The highest BCUT2D eigenvalue weighted by Gasteiger charge is 2.19. The maximum absolute atomic E-state index is 4.64. The van der Waals surface area contributed by atoms with Crippen LogP contribution in [0.2, 0.25) is 0 Å². The largest absolute Gasteiger partial charge is 0.256 e. The molecule has 7 rings (SSSR count). The topological polar surface area (TPSA) is 38.7 Å². The molecule has 0 aliphatic carbocycles. The highest BCUT2D eigenvalue weighted by Crippen LogP contribution is 2.45. The molecule has 0 amide bonds. The summed E-state index contributed by atoms with van der Waals surface area (Å²) in [5.41, 5.74) is 7.95. The molecule has 0 aliphatic heterocycles. The lowest BCUT2D eigenvalue weighted by Gasteiger charge is -2.19. The Hall–Kier alpha value is -4.89. The van der Waals surface area contributed by atoms with Crippen molar-refractivity contribution in [2.45, 2.75) is 13.8 Å². The zero-order chi connectivity index (χ0) is 25.9. The molecule has 0 radical (unpaired) electrons. The maximum atomic E-state index is 4.64. The second-order valence-electron chi connectivity index (χ2n) is 8.92. The third-order valence-electron chi connectivity index (χ3n) is 6.90. The highest BCUT2D eigenvalue weighted by molar-refractivity contribution is 6.23. The SMILES string of the molecule is CC.c1ccc(-c2ccc3c(-c4cncnc4)c4ccccc4c(-c4ccnc5ccccc45)c3c2)cc1. The molecule has 0 aliphatic rings. The number of hydrogen-bond donors (Lipinski definition) is 0. The summed E-state index contributed by atoms with van der Waals surface area (Å²) in [6.45, 7) is 4.00. The van der Waals surface area contributed by atoms with Crippen LogP contribution in [0.5, 0.6) is 0 Å². The number of hydrogen-bond acceptors (Lipinski definition) is 3. The Bertz CT molecular complexity index is 1870. The van der Waals surface area contributed by atoms with Gasteiger partial charge in [-0.05, 0) is 62.0 Å². The Morgan fingerprint density at radius 1 is 0.474 bits per heavy atom. The number of benzene rings is 5. The number of para-hydroxylation sites is 1. The van der Waals surface area contributed by atoms with E-state index in [2.05, 4.69) is 112 Å². The van der Waals surface area contributed by atoms with Crippen molar-refractivity contribution in [2.75, 3.05) is 0 Å². The molecular weight excluding hydrogens is 462 g/mol. The molecule has 0 bridgehead atoms. The van der Waals surface area contributed by atoms with E-state index >= 15 is 0 Å². The lowest BCUT2D eigenvalue weighted by molar-refractivity contribution is 1.17. The molecule has 0 unspecified atom stereocenters. The van der Waals surface area contributed by atoms with Crippen LogP contribution in [0.3, 0.4) is 0 Å². The summed E-state index contributed by atoms with van der Waals surface area (Å²) >= 11 is 0. The summed E-state index contributed by atoms with van der Waals surface area (Å²) < 4.78 is 0. The lowest BCUT2D eigenvalue weighted by atomic mass is 9.84. The normalized spacial score (nSPS) is 10.9. The van der Waals surface area contributed by atoms with Crippen LogP contribution in [-0.4, -0.2) is 15.0 Å². The summed E-state index contributed by atoms with van der Waals surface area (Å²) in [5.74, 6) is 0. The van der Waals surface area contributed by atoms with Gasteiger partial charge in [0.15, 0.2) is 0 Å². The van der Waals surface area contributed by atoms with Crippen molar-refractivity contribution in [3.05, 3.63) is 128 Å². The van der Waals surface area contributed by atoms with Gasteiger partial charge in [-0.2, -0.15) is 0 Å². The van der Waals surface area contributed by atoms with Gasteiger partial charge in [-0.3, -0.25) is 4.98 Å². The van der Waals surface area contributed by atoms with E-state index in [1.165, 1.54) is 43.8 Å². The Morgan fingerprint density at radius 2 is 1.11 bits per heavy atom. The van der Waals surface area contributed by atoms with Gasteiger partial charge in [0, 0.05) is 35.1 Å². The summed E-state index contributed by atoms with van der Waals surface area (Å²) in [7, 11) is 0. The molecule has 0 saturated heterocycles. The first-order chi connectivity index (χ1) is 18.9. The van der Waals surface area contributed by atoms with Crippen LogP contribution in [0, 0.1) is 0 Å².